The summed E-state index contributed by atoms with van der Waals surface area (Å²) in [7, 11) is 0. The number of carbonyl (C=O) groups is 2. The van der Waals surface area contributed by atoms with Gasteiger partial charge in [0.1, 0.15) is 6.10 Å². The van der Waals surface area contributed by atoms with Crippen molar-refractivity contribution in [3.05, 3.63) is 58.7 Å². The largest absolute Gasteiger partial charge is 0.416 e. The van der Waals surface area contributed by atoms with Crippen molar-refractivity contribution in [3.8, 4) is 0 Å². The zero-order valence-electron chi connectivity index (χ0n) is 18.3. The molecule has 0 saturated carbocycles. The van der Waals surface area contributed by atoms with Crippen molar-refractivity contribution in [1.82, 2.24) is 0 Å². The van der Waals surface area contributed by atoms with Crippen molar-refractivity contribution in [2.24, 2.45) is 5.92 Å². The zero-order chi connectivity index (χ0) is 25.3. The molecule has 2 aliphatic heterocycles. The molecule has 11 heteroatoms. The highest BCUT2D eigenvalue weighted by molar-refractivity contribution is 6.00. The number of benzene rings is 2. The Bertz CT molecular complexity index is 1020. The summed E-state index contributed by atoms with van der Waals surface area (Å²) in [4.78, 5) is 24.2. The first-order valence-corrected chi connectivity index (χ1v) is 10.3. The van der Waals surface area contributed by atoms with Crippen LogP contribution in [0.15, 0.2) is 36.4 Å². The Morgan fingerprint density at radius 2 is 1.56 bits per heavy atom. The number of hydrogen-bond acceptors (Lipinski definition) is 3. The van der Waals surface area contributed by atoms with Gasteiger partial charge in [-0.3, -0.25) is 9.59 Å². The number of halogens is 6. The number of anilines is 2. The first kappa shape index (κ1) is 25.5. The van der Waals surface area contributed by atoms with Crippen LogP contribution in [0.1, 0.15) is 28.7 Å². The van der Waals surface area contributed by atoms with Crippen LogP contribution in [0.3, 0.4) is 0 Å². The van der Waals surface area contributed by atoms with E-state index in [4.69, 9.17) is 4.74 Å². The molecule has 5 nitrogen and oxygen atoms in total. The van der Waals surface area contributed by atoms with Crippen molar-refractivity contribution in [2.45, 2.75) is 38.7 Å². The Hall–Kier alpha value is -3.08. The molecule has 2 amide bonds. The molecule has 2 atom stereocenters. The highest BCUT2D eigenvalue weighted by atomic mass is 19.4. The highest BCUT2D eigenvalue weighted by Gasteiger charge is 2.45. The number of carbonyl (C=O) groups excluding carboxylic acids is 2. The van der Waals surface area contributed by atoms with E-state index in [-0.39, 0.29) is 24.5 Å². The van der Waals surface area contributed by atoms with Crippen molar-refractivity contribution in [3.63, 3.8) is 0 Å². The van der Waals surface area contributed by atoms with E-state index >= 15 is 0 Å². The van der Waals surface area contributed by atoms with Gasteiger partial charge in [0, 0.05) is 30.4 Å². The van der Waals surface area contributed by atoms with Gasteiger partial charge in [0.05, 0.1) is 11.1 Å². The molecule has 34 heavy (non-hydrogen) atoms. The Morgan fingerprint density at radius 3 is 2.03 bits per heavy atom. The number of amides is 2. The SMILES string of the molecule is Cc1cccc(C)c1N1CC2CCOC2C1=O.O=CNc1cc(C(F)(F)F)cc(C(F)(F)F)c1. The summed E-state index contributed by atoms with van der Waals surface area (Å²) >= 11 is 0. The van der Waals surface area contributed by atoms with Gasteiger partial charge in [-0.05, 0) is 49.6 Å². The average molecular weight is 488 g/mol. The van der Waals surface area contributed by atoms with Crippen LogP contribution in [0.25, 0.3) is 0 Å². The number of ether oxygens (including phenoxy) is 1. The van der Waals surface area contributed by atoms with E-state index in [9.17, 15) is 35.9 Å². The van der Waals surface area contributed by atoms with Crippen LogP contribution in [0.4, 0.5) is 37.7 Å². The molecule has 4 rings (SSSR count). The Labute approximate surface area is 191 Å². The lowest BCUT2D eigenvalue weighted by molar-refractivity contribution is -0.143. The summed E-state index contributed by atoms with van der Waals surface area (Å²) in [5.74, 6) is 0.534. The van der Waals surface area contributed by atoms with Crippen LogP contribution < -0.4 is 10.2 Å². The van der Waals surface area contributed by atoms with E-state index < -0.39 is 29.2 Å². The minimum absolute atomic E-state index is 0.00432. The quantitative estimate of drug-likeness (QED) is 0.468. The normalized spacial score (nSPS) is 20.0. The summed E-state index contributed by atoms with van der Waals surface area (Å²) in [6, 6.07) is 6.98. The summed E-state index contributed by atoms with van der Waals surface area (Å²) in [6.07, 6.45) is -9.01. The van der Waals surface area contributed by atoms with Crippen molar-refractivity contribution < 1.29 is 40.7 Å². The van der Waals surface area contributed by atoms with Gasteiger partial charge in [-0.2, -0.15) is 26.3 Å². The van der Waals surface area contributed by atoms with E-state index in [1.54, 1.807) is 5.32 Å². The fraction of sp³-hybridized carbons (Fsp3) is 0.391. The lowest BCUT2D eigenvalue weighted by atomic mass is 10.1. The highest BCUT2D eigenvalue weighted by Crippen LogP contribution is 2.38. The number of rotatable bonds is 3. The van der Waals surface area contributed by atoms with Gasteiger partial charge in [-0.15, -0.1) is 0 Å². The molecule has 184 valence electrons. The number of alkyl halides is 6. The standard InChI is InChI=1S/C14H17NO2.C9H5F6NO/c1-9-4-3-5-10(2)12(9)15-8-11-6-7-17-13(11)14(15)16;10-8(11,12)5-1-6(9(13,14)15)3-7(2-5)16-4-17/h3-5,11,13H,6-8H2,1-2H3;1-4H,(H,16,17). The second-order valence-electron chi connectivity index (χ2n) is 8.09. The second-order valence-corrected chi connectivity index (χ2v) is 8.09. The maximum atomic E-state index is 12.3. The third-order valence-electron chi connectivity index (χ3n) is 5.66. The van der Waals surface area contributed by atoms with Crippen molar-refractivity contribution >= 4 is 23.7 Å². The number of aryl methyl sites for hydroxylation is 2. The molecule has 2 aromatic rings. The van der Waals surface area contributed by atoms with Gasteiger partial charge in [0.15, 0.2) is 0 Å². The molecular weight excluding hydrogens is 466 g/mol. The molecular formula is C23H22F6N2O3. The van der Waals surface area contributed by atoms with Gasteiger partial charge in [0.25, 0.3) is 5.91 Å². The Balaban J connectivity index is 0.000000191. The van der Waals surface area contributed by atoms with Crippen LogP contribution in [0.2, 0.25) is 0 Å². The predicted octanol–water partition coefficient (Wildman–Crippen LogP) is 5.35. The number of nitrogens with zero attached hydrogens (tertiary/aromatic N) is 1. The second kappa shape index (κ2) is 9.65. The van der Waals surface area contributed by atoms with Gasteiger partial charge >= 0.3 is 12.4 Å². The van der Waals surface area contributed by atoms with Crippen LogP contribution in [-0.4, -0.2) is 31.6 Å². The predicted molar refractivity (Wildman–Crippen MR) is 112 cm³/mol. The lowest BCUT2D eigenvalue weighted by Crippen LogP contribution is -2.31. The first-order valence-electron chi connectivity index (χ1n) is 10.3. The summed E-state index contributed by atoms with van der Waals surface area (Å²) in [5, 5.41) is 1.75. The Morgan fingerprint density at radius 1 is 1.00 bits per heavy atom. The number of para-hydroxylation sites is 1. The fourth-order valence-corrected chi connectivity index (χ4v) is 4.11. The molecule has 0 spiro atoms. The maximum Gasteiger partial charge on any atom is 0.416 e. The fourth-order valence-electron chi connectivity index (χ4n) is 4.11. The summed E-state index contributed by atoms with van der Waals surface area (Å²) < 4.78 is 79.3. The number of fused-ring (bicyclic) bond motifs is 1. The van der Waals surface area contributed by atoms with Crippen LogP contribution in [0, 0.1) is 19.8 Å². The van der Waals surface area contributed by atoms with Gasteiger partial charge in [-0.25, -0.2) is 0 Å². The zero-order valence-corrected chi connectivity index (χ0v) is 18.3. The molecule has 2 unspecified atom stereocenters. The molecule has 2 saturated heterocycles. The number of nitrogens with one attached hydrogen (secondary N) is 1. The topological polar surface area (TPSA) is 58.6 Å². The van der Waals surface area contributed by atoms with Gasteiger partial charge < -0.3 is 15.0 Å². The van der Waals surface area contributed by atoms with E-state index in [0.717, 1.165) is 25.3 Å². The number of hydrogen-bond donors (Lipinski definition) is 1. The maximum absolute atomic E-state index is 12.3. The summed E-state index contributed by atoms with van der Waals surface area (Å²) in [5.41, 5.74) is -0.109. The molecule has 2 aliphatic rings. The monoisotopic (exact) mass is 488 g/mol. The van der Waals surface area contributed by atoms with Crippen molar-refractivity contribution in [2.75, 3.05) is 23.4 Å². The third kappa shape index (κ3) is 5.52. The summed E-state index contributed by atoms with van der Waals surface area (Å²) in [6.45, 7) is 5.67. The molecule has 2 aromatic carbocycles. The van der Waals surface area contributed by atoms with E-state index in [2.05, 4.69) is 26.0 Å². The van der Waals surface area contributed by atoms with Crippen LogP contribution >= 0.6 is 0 Å². The van der Waals surface area contributed by atoms with E-state index in [1.165, 1.54) is 11.1 Å². The van der Waals surface area contributed by atoms with Gasteiger partial charge in [0.2, 0.25) is 6.41 Å². The molecule has 2 heterocycles. The van der Waals surface area contributed by atoms with Crippen molar-refractivity contribution in [1.29, 1.82) is 0 Å². The molecule has 2 fully saturated rings. The molecule has 1 N–H and O–H groups in total. The van der Waals surface area contributed by atoms with Crippen LogP contribution in [0.5, 0.6) is 0 Å². The average Bonchev–Trinajstić information content (AvgIpc) is 3.31. The lowest BCUT2D eigenvalue weighted by Gasteiger charge is -2.22. The molecule has 0 aliphatic carbocycles. The smallest absolute Gasteiger partial charge is 0.368 e. The Kier molecular flexibility index (Phi) is 7.25. The first-order chi connectivity index (χ1) is 15.8. The minimum Gasteiger partial charge on any atom is -0.368 e. The molecule has 0 bridgehead atoms. The minimum atomic E-state index is -4.92. The van der Waals surface area contributed by atoms with E-state index in [0.29, 0.717) is 18.1 Å². The molecule has 0 aromatic heterocycles. The third-order valence-corrected chi connectivity index (χ3v) is 5.66. The van der Waals surface area contributed by atoms with Crippen LogP contribution in [-0.2, 0) is 26.7 Å². The molecule has 0 radical (unpaired) electrons. The van der Waals surface area contributed by atoms with Gasteiger partial charge in [-0.1, -0.05) is 18.2 Å². The van der Waals surface area contributed by atoms with E-state index in [1.807, 2.05) is 11.0 Å².